The second-order valence-electron chi connectivity index (χ2n) is 5.87. The summed E-state index contributed by atoms with van der Waals surface area (Å²) in [6.07, 6.45) is 5.36. The van der Waals surface area contributed by atoms with Crippen LogP contribution in [0.1, 0.15) is 52.9 Å². The third kappa shape index (κ3) is 6.37. The van der Waals surface area contributed by atoms with Gasteiger partial charge in [0.15, 0.2) is 0 Å². The zero-order chi connectivity index (χ0) is 15.0. The molecule has 0 spiro atoms. The van der Waals surface area contributed by atoms with Gasteiger partial charge in [-0.05, 0) is 39.0 Å². The third-order valence-corrected chi connectivity index (χ3v) is 3.69. The molecule has 0 aliphatic heterocycles. The minimum Gasteiger partial charge on any atom is -0.379 e. The fraction of sp³-hybridized carbons (Fsp3) is 0.867. The first-order chi connectivity index (χ1) is 9.50. The molecule has 1 saturated carbocycles. The Labute approximate surface area is 121 Å². The Bertz CT molecular complexity index is 318. The predicted octanol–water partition coefficient (Wildman–Crippen LogP) is 1.61. The fourth-order valence-corrected chi connectivity index (χ4v) is 2.44. The molecule has 1 aliphatic rings. The van der Waals surface area contributed by atoms with Crippen LogP contribution in [-0.2, 0) is 14.3 Å². The van der Waals surface area contributed by atoms with Crippen molar-refractivity contribution in [3.63, 3.8) is 0 Å². The van der Waals surface area contributed by atoms with Crippen LogP contribution in [0.15, 0.2) is 0 Å². The number of hydrogen-bond acceptors (Lipinski definition) is 3. The number of amides is 2. The van der Waals surface area contributed by atoms with Crippen molar-refractivity contribution in [3.05, 3.63) is 0 Å². The van der Waals surface area contributed by atoms with Gasteiger partial charge in [0, 0.05) is 19.2 Å². The minimum absolute atomic E-state index is 0.145. The molecule has 2 N–H and O–H groups in total. The molecule has 0 unspecified atom stereocenters. The van der Waals surface area contributed by atoms with Crippen molar-refractivity contribution in [1.29, 1.82) is 0 Å². The van der Waals surface area contributed by atoms with Crippen LogP contribution >= 0.6 is 0 Å². The van der Waals surface area contributed by atoms with Gasteiger partial charge in [-0.3, -0.25) is 9.59 Å². The lowest BCUT2D eigenvalue weighted by atomic mass is 9.86. The minimum atomic E-state index is -0.535. The average Bonchev–Trinajstić information content (AvgIpc) is 2.40. The number of hydrogen-bond donors (Lipinski definition) is 2. The van der Waals surface area contributed by atoms with Crippen molar-refractivity contribution in [2.45, 2.75) is 65.0 Å². The second kappa shape index (κ2) is 8.95. The van der Waals surface area contributed by atoms with Crippen molar-refractivity contribution in [1.82, 2.24) is 10.6 Å². The average molecular weight is 284 g/mol. The zero-order valence-electron chi connectivity index (χ0n) is 12.9. The number of ether oxygens (including phenoxy) is 1. The Hall–Kier alpha value is -1.10. The van der Waals surface area contributed by atoms with Gasteiger partial charge in [0.2, 0.25) is 0 Å². The second-order valence-corrected chi connectivity index (χ2v) is 5.87. The van der Waals surface area contributed by atoms with Crippen LogP contribution in [0, 0.1) is 5.92 Å². The largest absolute Gasteiger partial charge is 0.379 e. The first-order valence-corrected chi connectivity index (χ1v) is 7.71. The van der Waals surface area contributed by atoms with E-state index >= 15 is 0 Å². The highest BCUT2D eigenvalue weighted by molar-refractivity contribution is 6.35. The summed E-state index contributed by atoms with van der Waals surface area (Å²) in [4.78, 5) is 23.4. The van der Waals surface area contributed by atoms with Gasteiger partial charge in [-0.2, -0.15) is 0 Å². The quantitative estimate of drug-likeness (QED) is 0.575. The maximum atomic E-state index is 11.8. The van der Waals surface area contributed by atoms with Crippen molar-refractivity contribution < 1.29 is 14.3 Å². The van der Waals surface area contributed by atoms with Crippen LogP contribution in [0.25, 0.3) is 0 Å². The number of carbonyl (C=O) groups excluding carboxylic acids is 2. The molecule has 0 aromatic heterocycles. The Morgan fingerprint density at radius 2 is 1.90 bits per heavy atom. The van der Waals surface area contributed by atoms with E-state index < -0.39 is 11.8 Å². The molecule has 2 atom stereocenters. The van der Waals surface area contributed by atoms with Gasteiger partial charge < -0.3 is 15.4 Å². The van der Waals surface area contributed by atoms with Gasteiger partial charge in [-0.25, -0.2) is 0 Å². The normalized spacial score (nSPS) is 22.6. The summed E-state index contributed by atoms with van der Waals surface area (Å²) in [5, 5.41) is 5.47. The van der Waals surface area contributed by atoms with E-state index in [9.17, 15) is 9.59 Å². The van der Waals surface area contributed by atoms with E-state index in [1.807, 2.05) is 13.8 Å². The molecule has 20 heavy (non-hydrogen) atoms. The predicted molar refractivity (Wildman–Crippen MR) is 78.3 cm³/mol. The molecule has 1 rings (SSSR count). The summed E-state index contributed by atoms with van der Waals surface area (Å²) < 4.78 is 5.37. The van der Waals surface area contributed by atoms with Gasteiger partial charge in [0.1, 0.15) is 0 Å². The van der Waals surface area contributed by atoms with E-state index in [-0.39, 0.29) is 12.1 Å². The summed E-state index contributed by atoms with van der Waals surface area (Å²) in [7, 11) is 0. The van der Waals surface area contributed by atoms with Crippen molar-refractivity contribution in [3.8, 4) is 0 Å². The van der Waals surface area contributed by atoms with Crippen LogP contribution in [-0.4, -0.2) is 37.1 Å². The van der Waals surface area contributed by atoms with E-state index in [4.69, 9.17) is 4.74 Å². The maximum absolute atomic E-state index is 11.8. The van der Waals surface area contributed by atoms with Gasteiger partial charge in [-0.1, -0.05) is 19.8 Å². The van der Waals surface area contributed by atoms with E-state index in [1.54, 1.807) is 0 Å². The topological polar surface area (TPSA) is 67.4 Å². The Morgan fingerprint density at radius 1 is 1.20 bits per heavy atom. The van der Waals surface area contributed by atoms with Gasteiger partial charge in [0.05, 0.1) is 6.10 Å². The molecule has 0 aromatic rings. The van der Waals surface area contributed by atoms with Gasteiger partial charge in [-0.15, -0.1) is 0 Å². The van der Waals surface area contributed by atoms with Crippen LogP contribution in [0.3, 0.4) is 0 Å². The highest BCUT2D eigenvalue weighted by Gasteiger charge is 2.25. The van der Waals surface area contributed by atoms with Crippen LogP contribution in [0.2, 0.25) is 0 Å². The molecule has 0 heterocycles. The van der Waals surface area contributed by atoms with Crippen molar-refractivity contribution in [2.24, 2.45) is 5.92 Å². The van der Waals surface area contributed by atoms with E-state index in [1.165, 1.54) is 6.42 Å². The summed E-state index contributed by atoms with van der Waals surface area (Å²) in [5.74, 6) is -0.583. The molecule has 0 bridgehead atoms. The van der Waals surface area contributed by atoms with E-state index in [0.717, 1.165) is 25.7 Å². The van der Waals surface area contributed by atoms with Crippen LogP contribution in [0.5, 0.6) is 0 Å². The Morgan fingerprint density at radius 3 is 2.55 bits per heavy atom. The lowest BCUT2D eigenvalue weighted by molar-refractivity contribution is -0.140. The number of nitrogens with one attached hydrogen (secondary N) is 2. The van der Waals surface area contributed by atoms with E-state index in [2.05, 4.69) is 17.6 Å². The Kier molecular flexibility index (Phi) is 7.59. The molecule has 5 nitrogen and oxygen atoms in total. The molecule has 0 saturated heterocycles. The Balaban J connectivity index is 2.17. The van der Waals surface area contributed by atoms with Crippen molar-refractivity contribution >= 4 is 11.8 Å². The summed E-state index contributed by atoms with van der Waals surface area (Å²) >= 11 is 0. The fourth-order valence-electron chi connectivity index (χ4n) is 2.44. The smallest absolute Gasteiger partial charge is 0.309 e. The number of rotatable bonds is 6. The first-order valence-electron chi connectivity index (χ1n) is 7.71. The highest BCUT2D eigenvalue weighted by atomic mass is 16.5. The summed E-state index contributed by atoms with van der Waals surface area (Å²) in [6, 6.07) is 0.145. The molecule has 116 valence electrons. The van der Waals surface area contributed by atoms with Gasteiger partial charge in [0.25, 0.3) is 0 Å². The molecule has 1 fully saturated rings. The van der Waals surface area contributed by atoms with E-state index in [0.29, 0.717) is 19.1 Å². The SMILES string of the molecule is CC(C)OCCCNC(=O)C(=O)N[C@@H]1CCCC[C@H]1C. The van der Waals surface area contributed by atoms with Gasteiger partial charge >= 0.3 is 11.8 Å². The molecule has 1 aliphatic carbocycles. The number of carbonyl (C=O) groups is 2. The molecule has 0 aromatic carbocycles. The maximum Gasteiger partial charge on any atom is 0.309 e. The molecular formula is C15H28N2O3. The molecular weight excluding hydrogens is 256 g/mol. The van der Waals surface area contributed by atoms with Crippen molar-refractivity contribution in [2.75, 3.05) is 13.2 Å². The lowest BCUT2D eigenvalue weighted by Gasteiger charge is -2.29. The van der Waals surface area contributed by atoms with Crippen LogP contribution < -0.4 is 10.6 Å². The van der Waals surface area contributed by atoms with Crippen LogP contribution in [0.4, 0.5) is 0 Å². The molecule has 5 heteroatoms. The summed E-state index contributed by atoms with van der Waals surface area (Å²) in [5.41, 5.74) is 0. The molecule has 2 amide bonds. The zero-order valence-corrected chi connectivity index (χ0v) is 12.9. The first kappa shape index (κ1) is 17.0. The highest BCUT2D eigenvalue weighted by Crippen LogP contribution is 2.23. The standard InChI is InChI=1S/C15H28N2O3/c1-11(2)20-10-6-9-16-14(18)15(19)17-13-8-5-4-7-12(13)3/h11-13H,4-10H2,1-3H3,(H,16,18)(H,17,19)/t12-,13-/m1/s1. The lowest BCUT2D eigenvalue weighted by Crippen LogP contribution is -2.47. The third-order valence-electron chi connectivity index (χ3n) is 3.69. The monoisotopic (exact) mass is 284 g/mol. The summed E-state index contributed by atoms with van der Waals surface area (Å²) in [6.45, 7) is 7.14. The molecule has 0 radical (unpaired) electrons.